The number of pyridine rings is 1. The van der Waals surface area contributed by atoms with Gasteiger partial charge in [0.05, 0.1) is 36.0 Å². The van der Waals surface area contributed by atoms with E-state index < -0.39 is 40.7 Å². The highest BCUT2D eigenvalue weighted by atomic mass is 19.2. The quantitative estimate of drug-likeness (QED) is 0.323. The molecule has 8 nitrogen and oxygen atoms in total. The molecule has 2 heterocycles. The SMILES string of the molecule is COc1ccc2ncc(N(C)C)c([C@@H](O)CCC3(C(=O)O)CCN(CCOc4cc(F)cc(F)c4F)CC3)c2c1. The van der Waals surface area contributed by atoms with Crippen LogP contribution >= 0.6 is 0 Å². The van der Waals surface area contributed by atoms with Gasteiger partial charge in [0.25, 0.3) is 0 Å². The molecule has 0 aliphatic carbocycles. The number of carboxylic acid groups (broad SMARTS) is 1. The van der Waals surface area contributed by atoms with Crippen molar-refractivity contribution in [3.63, 3.8) is 0 Å². The number of halogens is 3. The molecule has 2 N–H and O–H groups in total. The highest BCUT2D eigenvalue weighted by molar-refractivity contribution is 5.88. The molecule has 1 aliphatic heterocycles. The molecule has 1 fully saturated rings. The second-order valence-electron chi connectivity index (χ2n) is 10.4. The van der Waals surface area contributed by atoms with E-state index in [1.54, 1.807) is 19.4 Å². The minimum atomic E-state index is -1.32. The number of carbonyl (C=O) groups is 1. The first-order valence-electron chi connectivity index (χ1n) is 13.1. The molecule has 40 heavy (non-hydrogen) atoms. The molecule has 3 aromatic rings. The second-order valence-corrected chi connectivity index (χ2v) is 10.4. The van der Waals surface area contributed by atoms with Crippen molar-refractivity contribution >= 4 is 22.6 Å². The van der Waals surface area contributed by atoms with Gasteiger partial charge in [0, 0.05) is 43.7 Å². The van der Waals surface area contributed by atoms with Gasteiger partial charge in [-0.3, -0.25) is 14.7 Å². The maximum atomic E-state index is 13.8. The van der Waals surface area contributed by atoms with E-state index in [4.69, 9.17) is 9.47 Å². The number of nitrogens with zero attached hydrogens (tertiary/aromatic N) is 3. The summed E-state index contributed by atoms with van der Waals surface area (Å²) in [6, 6.07) is 6.68. The first-order valence-corrected chi connectivity index (χ1v) is 13.1. The molecule has 0 bridgehead atoms. The van der Waals surface area contributed by atoms with E-state index in [0.29, 0.717) is 55.4 Å². The Labute approximate surface area is 230 Å². The Bertz CT molecular complexity index is 1360. The largest absolute Gasteiger partial charge is 0.497 e. The Morgan fingerprint density at radius 2 is 1.90 bits per heavy atom. The smallest absolute Gasteiger partial charge is 0.309 e. The number of hydrogen-bond acceptors (Lipinski definition) is 7. The molecule has 1 atom stereocenters. The fourth-order valence-corrected chi connectivity index (χ4v) is 5.27. The fourth-order valence-electron chi connectivity index (χ4n) is 5.27. The van der Waals surface area contributed by atoms with Crippen LogP contribution in [0.1, 0.15) is 37.4 Å². The Morgan fingerprint density at radius 3 is 2.55 bits per heavy atom. The molecule has 0 amide bonds. The molecular formula is C29H34F3N3O5. The molecular weight excluding hydrogens is 527 g/mol. The monoisotopic (exact) mass is 561 g/mol. The first-order chi connectivity index (χ1) is 19.0. The van der Waals surface area contributed by atoms with Gasteiger partial charge in [-0.05, 0) is 57.0 Å². The molecule has 4 rings (SSSR count). The van der Waals surface area contributed by atoms with E-state index in [1.807, 2.05) is 36.0 Å². The van der Waals surface area contributed by atoms with Gasteiger partial charge in [-0.2, -0.15) is 4.39 Å². The molecule has 1 saturated heterocycles. The number of carboxylic acids is 1. The number of likely N-dealkylation sites (tertiary alicyclic amines) is 1. The number of aliphatic hydroxyl groups is 1. The van der Waals surface area contributed by atoms with E-state index in [-0.39, 0.29) is 19.4 Å². The predicted molar refractivity (Wildman–Crippen MR) is 144 cm³/mol. The number of fused-ring (bicyclic) bond motifs is 1. The number of aromatic nitrogens is 1. The molecule has 0 radical (unpaired) electrons. The van der Waals surface area contributed by atoms with Crippen molar-refractivity contribution in [1.29, 1.82) is 0 Å². The highest BCUT2D eigenvalue weighted by Crippen LogP contribution is 2.41. The minimum Gasteiger partial charge on any atom is -0.497 e. The molecule has 0 spiro atoms. The Morgan fingerprint density at radius 1 is 1.18 bits per heavy atom. The van der Waals surface area contributed by atoms with Crippen LogP contribution in [0.4, 0.5) is 18.9 Å². The molecule has 0 saturated carbocycles. The van der Waals surface area contributed by atoms with Crippen molar-refractivity contribution < 1.29 is 37.7 Å². The number of piperidine rings is 1. The first kappa shape index (κ1) is 29.4. The number of aliphatic carboxylic acids is 1. The number of rotatable bonds is 11. The number of benzene rings is 2. The lowest BCUT2D eigenvalue weighted by molar-refractivity contribution is -0.153. The third kappa shape index (κ3) is 6.26. The van der Waals surface area contributed by atoms with Crippen LogP contribution in [-0.2, 0) is 4.79 Å². The van der Waals surface area contributed by atoms with Gasteiger partial charge in [0.1, 0.15) is 18.2 Å². The molecule has 1 aliphatic rings. The Kier molecular flexibility index (Phi) is 9.05. The lowest BCUT2D eigenvalue weighted by Crippen LogP contribution is -2.45. The lowest BCUT2D eigenvalue weighted by atomic mass is 9.74. The van der Waals surface area contributed by atoms with Crippen molar-refractivity contribution in [1.82, 2.24) is 9.88 Å². The highest BCUT2D eigenvalue weighted by Gasteiger charge is 2.41. The summed E-state index contributed by atoms with van der Waals surface area (Å²) < 4.78 is 51.2. The summed E-state index contributed by atoms with van der Waals surface area (Å²) >= 11 is 0. The third-order valence-electron chi connectivity index (χ3n) is 7.70. The van der Waals surface area contributed by atoms with Gasteiger partial charge >= 0.3 is 5.97 Å². The van der Waals surface area contributed by atoms with Crippen molar-refractivity contribution in [3.8, 4) is 11.5 Å². The Balaban J connectivity index is 1.41. The van der Waals surface area contributed by atoms with Crippen LogP contribution in [0.15, 0.2) is 36.5 Å². The van der Waals surface area contributed by atoms with Crippen LogP contribution in [0.3, 0.4) is 0 Å². The topological polar surface area (TPSA) is 95.4 Å². The van der Waals surface area contributed by atoms with E-state index in [0.717, 1.165) is 17.1 Å². The number of anilines is 1. The van der Waals surface area contributed by atoms with Crippen LogP contribution in [0.2, 0.25) is 0 Å². The molecule has 216 valence electrons. The second kappa shape index (κ2) is 12.3. The summed E-state index contributed by atoms with van der Waals surface area (Å²) in [7, 11) is 5.28. The van der Waals surface area contributed by atoms with Gasteiger partial charge in [0.15, 0.2) is 11.6 Å². The molecule has 1 aromatic heterocycles. The van der Waals surface area contributed by atoms with Gasteiger partial charge in [-0.15, -0.1) is 0 Å². The number of hydrogen-bond donors (Lipinski definition) is 2. The summed E-state index contributed by atoms with van der Waals surface area (Å²) in [4.78, 5) is 20.8. The van der Waals surface area contributed by atoms with Crippen LogP contribution in [0.25, 0.3) is 10.9 Å². The number of methoxy groups -OCH3 is 1. The zero-order chi connectivity index (χ0) is 29.0. The van der Waals surface area contributed by atoms with Crippen molar-refractivity contribution in [2.24, 2.45) is 5.41 Å². The average Bonchev–Trinajstić information content (AvgIpc) is 2.93. The maximum Gasteiger partial charge on any atom is 0.309 e. The van der Waals surface area contributed by atoms with E-state index >= 15 is 0 Å². The Hall–Kier alpha value is -3.57. The lowest BCUT2D eigenvalue weighted by Gasteiger charge is -2.39. The standard InChI is InChI=1S/C29H34F3N3O5/c1-34(2)23-17-33-22-5-4-19(39-3)16-20(22)26(23)24(36)6-7-29(28(37)38)8-10-35(11-9-29)12-13-40-25-15-18(30)14-21(31)27(25)32/h4-5,14-17,24,36H,6-13H2,1-3H3,(H,37,38)/t24-/m0/s1. The molecule has 11 heteroatoms. The van der Waals surface area contributed by atoms with E-state index in [1.165, 1.54) is 0 Å². The van der Waals surface area contributed by atoms with Gasteiger partial charge in [-0.1, -0.05) is 0 Å². The maximum absolute atomic E-state index is 13.8. The molecule has 0 unspecified atom stereocenters. The molecule has 2 aromatic carbocycles. The summed E-state index contributed by atoms with van der Waals surface area (Å²) in [5.41, 5.74) is 1.09. The zero-order valence-electron chi connectivity index (χ0n) is 22.8. The predicted octanol–water partition coefficient (Wildman–Crippen LogP) is 4.79. The van der Waals surface area contributed by atoms with Gasteiger partial charge in [0.2, 0.25) is 5.82 Å². The van der Waals surface area contributed by atoms with Crippen molar-refractivity contribution in [2.75, 3.05) is 52.3 Å². The minimum absolute atomic E-state index is 0.00943. The zero-order valence-corrected chi connectivity index (χ0v) is 22.8. The summed E-state index contributed by atoms with van der Waals surface area (Å²) in [5, 5.41) is 22.3. The summed E-state index contributed by atoms with van der Waals surface area (Å²) in [5.74, 6) is -4.29. The van der Waals surface area contributed by atoms with Crippen molar-refractivity contribution in [3.05, 3.63) is 59.5 Å². The van der Waals surface area contributed by atoms with Gasteiger partial charge in [-0.25, -0.2) is 8.78 Å². The summed E-state index contributed by atoms with van der Waals surface area (Å²) in [6.07, 6.45) is 1.97. The third-order valence-corrected chi connectivity index (χ3v) is 7.70. The van der Waals surface area contributed by atoms with Gasteiger partial charge < -0.3 is 24.6 Å². The van der Waals surface area contributed by atoms with Crippen LogP contribution in [0, 0.1) is 22.9 Å². The van der Waals surface area contributed by atoms with E-state index in [2.05, 4.69) is 4.98 Å². The average molecular weight is 562 g/mol. The van der Waals surface area contributed by atoms with E-state index in [9.17, 15) is 28.2 Å². The summed E-state index contributed by atoms with van der Waals surface area (Å²) in [6.45, 7) is 1.23. The van der Waals surface area contributed by atoms with Crippen LogP contribution in [0.5, 0.6) is 11.5 Å². The van der Waals surface area contributed by atoms with Crippen LogP contribution in [-0.4, -0.2) is 73.5 Å². The normalized spacial score (nSPS) is 16.1. The fraction of sp³-hybridized carbons (Fsp3) is 0.448. The number of aliphatic hydroxyl groups excluding tert-OH is 1. The van der Waals surface area contributed by atoms with Crippen LogP contribution < -0.4 is 14.4 Å². The number of ether oxygens (including phenoxy) is 2. The van der Waals surface area contributed by atoms with Crippen molar-refractivity contribution in [2.45, 2.75) is 31.8 Å².